The van der Waals surface area contributed by atoms with E-state index in [1.54, 1.807) is 0 Å². The number of amides is 1. The van der Waals surface area contributed by atoms with Crippen LogP contribution < -0.4 is 10.6 Å². The van der Waals surface area contributed by atoms with Crippen molar-refractivity contribution in [2.24, 2.45) is 5.92 Å². The smallest absolute Gasteiger partial charge is 0.255 e. The van der Waals surface area contributed by atoms with Gasteiger partial charge >= 0.3 is 0 Å². The largest absolute Gasteiger partial charge is 0.322 e. The SMILES string of the molecule is CC(CC1CCN(C(C)(C)C)CC1)NCc1ccccc1NC(=O)c1ccc(F)cc1. The number of nitrogens with one attached hydrogen (secondary N) is 2. The van der Waals surface area contributed by atoms with E-state index in [0.29, 0.717) is 18.2 Å². The number of carbonyl (C=O) groups is 1. The number of carbonyl (C=O) groups excluding carboxylic acids is 1. The minimum atomic E-state index is -0.348. The van der Waals surface area contributed by atoms with Crippen LogP contribution >= 0.6 is 0 Å². The highest BCUT2D eigenvalue weighted by Gasteiger charge is 2.27. The summed E-state index contributed by atoms with van der Waals surface area (Å²) in [5.41, 5.74) is 2.54. The van der Waals surface area contributed by atoms with Crippen molar-refractivity contribution >= 4 is 11.6 Å². The summed E-state index contributed by atoms with van der Waals surface area (Å²) in [5, 5.41) is 6.60. The molecule has 0 spiro atoms. The molecule has 0 bridgehead atoms. The zero-order chi connectivity index (χ0) is 22.4. The molecule has 1 unspecified atom stereocenters. The van der Waals surface area contributed by atoms with Crippen LogP contribution in [0, 0.1) is 11.7 Å². The molecule has 1 aliphatic rings. The minimum Gasteiger partial charge on any atom is -0.322 e. The van der Waals surface area contributed by atoms with Gasteiger partial charge in [0.05, 0.1) is 0 Å². The second kappa shape index (κ2) is 10.4. The Labute approximate surface area is 186 Å². The third-order valence-electron chi connectivity index (χ3n) is 6.26. The van der Waals surface area contributed by atoms with Gasteiger partial charge in [-0.1, -0.05) is 18.2 Å². The van der Waals surface area contributed by atoms with Crippen molar-refractivity contribution in [3.05, 3.63) is 65.5 Å². The van der Waals surface area contributed by atoms with Gasteiger partial charge in [0.25, 0.3) is 5.91 Å². The number of anilines is 1. The predicted molar refractivity (Wildman–Crippen MR) is 126 cm³/mol. The fourth-order valence-corrected chi connectivity index (χ4v) is 4.30. The molecule has 0 saturated carbocycles. The standard InChI is InChI=1S/C26H36FN3O/c1-19(17-20-13-15-30(16-14-20)26(2,3)4)28-18-22-7-5-6-8-24(22)29-25(31)21-9-11-23(27)12-10-21/h5-12,19-20,28H,13-18H2,1-4H3,(H,29,31). The molecule has 1 aliphatic heterocycles. The third-order valence-corrected chi connectivity index (χ3v) is 6.26. The Morgan fingerprint density at radius 3 is 2.39 bits per heavy atom. The Balaban J connectivity index is 1.50. The molecule has 3 rings (SSSR count). The Morgan fingerprint density at radius 1 is 1.10 bits per heavy atom. The van der Waals surface area contributed by atoms with E-state index in [4.69, 9.17) is 0 Å². The molecule has 1 atom stereocenters. The molecule has 168 valence electrons. The van der Waals surface area contributed by atoms with Crippen LogP contribution in [-0.4, -0.2) is 35.5 Å². The van der Waals surface area contributed by atoms with Gasteiger partial charge in [-0.2, -0.15) is 0 Å². The van der Waals surface area contributed by atoms with Gasteiger partial charge < -0.3 is 10.6 Å². The number of hydrogen-bond acceptors (Lipinski definition) is 3. The van der Waals surface area contributed by atoms with Crippen molar-refractivity contribution in [2.75, 3.05) is 18.4 Å². The summed E-state index contributed by atoms with van der Waals surface area (Å²) in [7, 11) is 0. The van der Waals surface area contributed by atoms with Crippen LogP contribution in [0.15, 0.2) is 48.5 Å². The highest BCUT2D eigenvalue weighted by Crippen LogP contribution is 2.27. The van der Waals surface area contributed by atoms with Crippen molar-refractivity contribution in [2.45, 2.75) is 65.1 Å². The number of hydrogen-bond donors (Lipinski definition) is 2. The first kappa shape index (κ1) is 23.4. The molecular formula is C26H36FN3O. The van der Waals surface area contributed by atoms with Crippen molar-refractivity contribution in [1.29, 1.82) is 0 Å². The van der Waals surface area contributed by atoms with Crippen LogP contribution in [0.25, 0.3) is 0 Å². The van der Waals surface area contributed by atoms with Gasteiger partial charge in [-0.3, -0.25) is 9.69 Å². The monoisotopic (exact) mass is 425 g/mol. The van der Waals surface area contributed by atoms with Crippen LogP contribution in [0.5, 0.6) is 0 Å². The van der Waals surface area contributed by atoms with Crippen molar-refractivity contribution in [1.82, 2.24) is 10.2 Å². The zero-order valence-corrected chi connectivity index (χ0v) is 19.2. The predicted octanol–water partition coefficient (Wildman–Crippen LogP) is 5.46. The highest BCUT2D eigenvalue weighted by molar-refractivity contribution is 6.04. The first-order valence-electron chi connectivity index (χ1n) is 11.4. The number of nitrogens with zero attached hydrogens (tertiary/aromatic N) is 1. The maximum atomic E-state index is 13.1. The molecule has 2 aromatic rings. The third kappa shape index (κ3) is 6.88. The molecule has 0 aliphatic carbocycles. The first-order valence-corrected chi connectivity index (χ1v) is 11.4. The van der Waals surface area contributed by atoms with Crippen molar-refractivity contribution in [3.63, 3.8) is 0 Å². The van der Waals surface area contributed by atoms with Gasteiger partial charge in [0.2, 0.25) is 0 Å². The average molecular weight is 426 g/mol. The van der Waals surface area contributed by atoms with E-state index in [1.807, 2.05) is 24.3 Å². The molecule has 5 heteroatoms. The van der Waals surface area contributed by atoms with Crippen molar-refractivity contribution in [3.8, 4) is 0 Å². The lowest BCUT2D eigenvalue weighted by molar-refractivity contribution is 0.0829. The van der Waals surface area contributed by atoms with E-state index in [-0.39, 0.29) is 17.3 Å². The molecule has 1 amide bonds. The topological polar surface area (TPSA) is 44.4 Å². The van der Waals surface area contributed by atoms with Gasteiger partial charge in [0, 0.05) is 29.4 Å². The molecule has 31 heavy (non-hydrogen) atoms. The summed E-state index contributed by atoms with van der Waals surface area (Å²) >= 11 is 0. The average Bonchev–Trinajstić information content (AvgIpc) is 2.73. The fourth-order valence-electron chi connectivity index (χ4n) is 4.30. The second-order valence-electron chi connectivity index (χ2n) is 9.74. The summed E-state index contributed by atoms with van der Waals surface area (Å²) in [5.74, 6) is 0.180. The van der Waals surface area contributed by atoms with E-state index >= 15 is 0 Å². The summed E-state index contributed by atoms with van der Waals surface area (Å²) < 4.78 is 13.1. The fraction of sp³-hybridized carbons (Fsp3) is 0.500. The van der Waals surface area contributed by atoms with E-state index in [9.17, 15) is 9.18 Å². The molecule has 1 saturated heterocycles. The summed E-state index contributed by atoms with van der Waals surface area (Å²) in [6.07, 6.45) is 3.68. The number of para-hydroxylation sites is 1. The number of rotatable bonds is 7. The normalized spacial score (nSPS) is 16.8. The van der Waals surface area contributed by atoms with E-state index in [0.717, 1.165) is 17.2 Å². The Morgan fingerprint density at radius 2 is 1.74 bits per heavy atom. The van der Waals surface area contributed by atoms with Crippen LogP contribution in [-0.2, 0) is 6.54 Å². The van der Waals surface area contributed by atoms with Crippen LogP contribution in [0.1, 0.15) is 62.9 Å². The van der Waals surface area contributed by atoms with Gasteiger partial charge in [-0.15, -0.1) is 0 Å². The molecule has 0 radical (unpaired) electrons. The van der Waals surface area contributed by atoms with Gasteiger partial charge in [0.1, 0.15) is 5.82 Å². The maximum absolute atomic E-state index is 13.1. The molecule has 4 nitrogen and oxygen atoms in total. The molecule has 1 heterocycles. The molecular weight excluding hydrogens is 389 g/mol. The Hall–Kier alpha value is -2.24. The van der Waals surface area contributed by atoms with E-state index < -0.39 is 0 Å². The molecule has 0 aromatic heterocycles. The number of piperidine rings is 1. The first-order chi connectivity index (χ1) is 14.7. The lowest BCUT2D eigenvalue weighted by Gasteiger charge is -2.41. The van der Waals surface area contributed by atoms with E-state index in [1.165, 1.54) is 56.6 Å². The zero-order valence-electron chi connectivity index (χ0n) is 19.2. The second-order valence-corrected chi connectivity index (χ2v) is 9.74. The Kier molecular flexibility index (Phi) is 7.84. The quantitative estimate of drug-likeness (QED) is 0.619. The van der Waals surface area contributed by atoms with Gasteiger partial charge in [-0.05, 0) is 102 Å². The molecule has 1 fully saturated rings. The van der Waals surface area contributed by atoms with Crippen molar-refractivity contribution < 1.29 is 9.18 Å². The number of likely N-dealkylation sites (tertiary alicyclic amines) is 1. The minimum absolute atomic E-state index is 0.230. The maximum Gasteiger partial charge on any atom is 0.255 e. The van der Waals surface area contributed by atoms with Crippen LogP contribution in [0.3, 0.4) is 0 Å². The van der Waals surface area contributed by atoms with Gasteiger partial charge in [0.15, 0.2) is 0 Å². The Bertz CT molecular complexity index is 852. The number of benzene rings is 2. The summed E-state index contributed by atoms with van der Waals surface area (Å²) in [6, 6.07) is 13.8. The summed E-state index contributed by atoms with van der Waals surface area (Å²) in [6.45, 7) is 12.2. The highest BCUT2D eigenvalue weighted by atomic mass is 19.1. The lowest BCUT2D eigenvalue weighted by atomic mass is 9.88. The van der Waals surface area contributed by atoms with E-state index in [2.05, 4.69) is 43.2 Å². The molecule has 2 N–H and O–H groups in total. The lowest BCUT2D eigenvalue weighted by Crippen LogP contribution is -2.46. The molecule has 2 aromatic carbocycles. The summed E-state index contributed by atoms with van der Waals surface area (Å²) in [4.78, 5) is 15.1. The number of halogens is 1. The van der Waals surface area contributed by atoms with Crippen LogP contribution in [0.4, 0.5) is 10.1 Å². The van der Waals surface area contributed by atoms with Crippen LogP contribution in [0.2, 0.25) is 0 Å². The van der Waals surface area contributed by atoms with Gasteiger partial charge in [-0.25, -0.2) is 4.39 Å².